The van der Waals surface area contributed by atoms with Crippen LogP contribution in [0.15, 0.2) is 29.2 Å². The van der Waals surface area contributed by atoms with Gasteiger partial charge in [-0.25, -0.2) is 13.6 Å². The quantitative estimate of drug-likeness (QED) is 0.725. The average Bonchev–Trinajstić information content (AvgIpc) is 2.45. The number of rotatable bonds is 4. The number of carbonyl (C=O) groups is 1. The van der Waals surface area contributed by atoms with E-state index in [4.69, 9.17) is 5.14 Å². The number of piperidine rings is 1. The van der Waals surface area contributed by atoms with Crippen LogP contribution < -0.4 is 15.8 Å². The standard InChI is InChI=1S/C13H19N3O3S/c14-20(18,19)12-5-1-3-10(7-12)8-16-13(17)11-4-2-6-15-9-11/h1,3,5,7,11,15H,2,4,6,8-9H2,(H,16,17)(H2,14,18,19). The molecule has 1 aromatic rings. The maximum absolute atomic E-state index is 12.0. The molecule has 1 aromatic carbocycles. The molecule has 2 rings (SSSR count). The molecule has 1 atom stereocenters. The minimum absolute atomic E-state index is 0.00166. The second-order valence-corrected chi connectivity index (χ2v) is 6.51. The Morgan fingerprint density at radius 3 is 2.90 bits per heavy atom. The molecule has 1 aliphatic heterocycles. The first-order valence-electron chi connectivity index (χ1n) is 6.57. The molecule has 1 unspecified atom stereocenters. The molecule has 0 bridgehead atoms. The van der Waals surface area contributed by atoms with Crippen LogP contribution in [-0.4, -0.2) is 27.4 Å². The molecule has 1 fully saturated rings. The molecule has 0 aliphatic carbocycles. The van der Waals surface area contributed by atoms with Gasteiger partial charge < -0.3 is 10.6 Å². The molecule has 110 valence electrons. The summed E-state index contributed by atoms with van der Waals surface area (Å²) in [5, 5.41) is 11.1. The van der Waals surface area contributed by atoms with Crippen LogP contribution in [0.3, 0.4) is 0 Å². The van der Waals surface area contributed by atoms with E-state index >= 15 is 0 Å². The van der Waals surface area contributed by atoms with E-state index in [-0.39, 0.29) is 16.7 Å². The summed E-state index contributed by atoms with van der Waals surface area (Å²) in [6.07, 6.45) is 1.88. The normalized spacial score (nSPS) is 19.6. The van der Waals surface area contributed by atoms with Gasteiger partial charge in [0.05, 0.1) is 10.8 Å². The third-order valence-electron chi connectivity index (χ3n) is 3.36. The van der Waals surface area contributed by atoms with Gasteiger partial charge in [0.2, 0.25) is 15.9 Å². The number of hydrogen-bond donors (Lipinski definition) is 3. The molecule has 0 spiro atoms. The van der Waals surface area contributed by atoms with Crippen molar-refractivity contribution in [2.75, 3.05) is 13.1 Å². The molecule has 4 N–H and O–H groups in total. The predicted molar refractivity (Wildman–Crippen MR) is 75.3 cm³/mol. The fourth-order valence-corrected chi connectivity index (χ4v) is 2.83. The van der Waals surface area contributed by atoms with Crippen molar-refractivity contribution in [2.24, 2.45) is 11.1 Å². The SMILES string of the molecule is NS(=O)(=O)c1cccc(CNC(=O)C2CCCNC2)c1. The summed E-state index contributed by atoms with van der Waals surface area (Å²) >= 11 is 0. The van der Waals surface area contributed by atoms with Gasteiger partial charge >= 0.3 is 0 Å². The maximum atomic E-state index is 12.0. The Bertz CT molecular complexity index is 580. The number of nitrogens with one attached hydrogen (secondary N) is 2. The van der Waals surface area contributed by atoms with E-state index in [2.05, 4.69) is 10.6 Å². The van der Waals surface area contributed by atoms with E-state index in [0.29, 0.717) is 18.7 Å². The summed E-state index contributed by atoms with van der Waals surface area (Å²) < 4.78 is 22.5. The lowest BCUT2D eigenvalue weighted by Crippen LogP contribution is -2.40. The highest BCUT2D eigenvalue weighted by Gasteiger charge is 2.20. The van der Waals surface area contributed by atoms with Crippen LogP contribution in [0.5, 0.6) is 0 Å². The Kier molecular flexibility index (Phi) is 4.74. The maximum Gasteiger partial charge on any atom is 0.238 e. The van der Waals surface area contributed by atoms with Crippen LogP contribution >= 0.6 is 0 Å². The van der Waals surface area contributed by atoms with E-state index in [1.165, 1.54) is 12.1 Å². The molecule has 0 saturated carbocycles. The topological polar surface area (TPSA) is 101 Å². The first-order valence-corrected chi connectivity index (χ1v) is 8.11. The van der Waals surface area contributed by atoms with Crippen LogP contribution in [0.4, 0.5) is 0 Å². The number of amides is 1. The van der Waals surface area contributed by atoms with Crippen molar-refractivity contribution >= 4 is 15.9 Å². The average molecular weight is 297 g/mol. The molecular weight excluding hydrogens is 278 g/mol. The fourth-order valence-electron chi connectivity index (χ4n) is 2.24. The number of sulfonamides is 1. The highest BCUT2D eigenvalue weighted by Crippen LogP contribution is 2.12. The van der Waals surface area contributed by atoms with E-state index in [9.17, 15) is 13.2 Å². The molecule has 7 heteroatoms. The smallest absolute Gasteiger partial charge is 0.238 e. The number of nitrogens with two attached hydrogens (primary N) is 1. The van der Waals surface area contributed by atoms with Crippen molar-refractivity contribution < 1.29 is 13.2 Å². The van der Waals surface area contributed by atoms with Gasteiger partial charge in [-0.2, -0.15) is 0 Å². The Hall–Kier alpha value is -1.44. The van der Waals surface area contributed by atoms with E-state index in [1.807, 2.05) is 0 Å². The van der Waals surface area contributed by atoms with Crippen molar-refractivity contribution in [2.45, 2.75) is 24.3 Å². The minimum atomic E-state index is -3.71. The van der Waals surface area contributed by atoms with Crippen LogP contribution in [0.1, 0.15) is 18.4 Å². The highest BCUT2D eigenvalue weighted by molar-refractivity contribution is 7.89. The van der Waals surface area contributed by atoms with Crippen molar-refractivity contribution in [3.8, 4) is 0 Å². The Labute approximate surface area is 118 Å². The number of carbonyl (C=O) groups excluding carboxylic acids is 1. The summed E-state index contributed by atoms with van der Waals surface area (Å²) in [7, 11) is -3.71. The van der Waals surface area contributed by atoms with Gasteiger partial charge in [-0.1, -0.05) is 12.1 Å². The van der Waals surface area contributed by atoms with Crippen molar-refractivity contribution in [1.82, 2.24) is 10.6 Å². The zero-order valence-electron chi connectivity index (χ0n) is 11.1. The highest BCUT2D eigenvalue weighted by atomic mass is 32.2. The van der Waals surface area contributed by atoms with Crippen LogP contribution in [0.25, 0.3) is 0 Å². The van der Waals surface area contributed by atoms with E-state index in [0.717, 1.165) is 19.4 Å². The lowest BCUT2D eigenvalue weighted by Gasteiger charge is -2.21. The minimum Gasteiger partial charge on any atom is -0.352 e. The molecule has 20 heavy (non-hydrogen) atoms. The van der Waals surface area contributed by atoms with Crippen molar-refractivity contribution in [3.63, 3.8) is 0 Å². The molecule has 6 nitrogen and oxygen atoms in total. The van der Waals surface area contributed by atoms with Gasteiger partial charge in [-0.05, 0) is 37.1 Å². The third kappa shape index (κ3) is 4.03. The number of benzene rings is 1. The molecule has 1 saturated heterocycles. The first kappa shape index (κ1) is 15.0. The van der Waals surface area contributed by atoms with Crippen LogP contribution in [-0.2, 0) is 21.4 Å². The van der Waals surface area contributed by atoms with Gasteiger partial charge in [-0.15, -0.1) is 0 Å². The Balaban J connectivity index is 1.95. The largest absolute Gasteiger partial charge is 0.352 e. The fraction of sp³-hybridized carbons (Fsp3) is 0.462. The Morgan fingerprint density at radius 1 is 1.45 bits per heavy atom. The Morgan fingerprint density at radius 2 is 2.25 bits per heavy atom. The van der Waals surface area contributed by atoms with Crippen molar-refractivity contribution in [3.05, 3.63) is 29.8 Å². The summed E-state index contributed by atoms with van der Waals surface area (Å²) in [6, 6.07) is 6.29. The van der Waals surface area contributed by atoms with Crippen LogP contribution in [0.2, 0.25) is 0 Å². The molecule has 1 amide bonds. The van der Waals surface area contributed by atoms with Gasteiger partial charge in [0.15, 0.2) is 0 Å². The molecule has 0 aromatic heterocycles. The molecule has 1 heterocycles. The first-order chi connectivity index (χ1) is 9.47. The number of primary sulfonamides is 1. The summed E-state index contributed by atoms with van der Waals surface area (Å²) in [5.74, 6) is -0.0108. The van der Waals surface area contributed by atoms with E-state index in [1.54, 1.807) is 12.1 Å². The number of hydrogen-bond acceptors (Lipinski definition) is 4. The summed E-state index contributed by atoms with van der Waals surface area (Å²) in [5.41, 5.74) is 0.716. The lowest BCUT2D eigenvalue weighted by molar-refractivity contribution is -0.125. The summed E-state index contributed by atoms with van der Waals surface area (Å²) in [6.45, 7) is 1.96. The lowest BCUT2D eigenvalue weighted by atomic mass is 9.99. The third-order valence-corrected chi connectivity index (χ3v) is 4.27. The second kappa shape index (κ2) is 6.34. The zero-order valence-corrected chi connectivity index (χ0v) is 11.9. The predicted octanol–water partition coefficient (Wildman–Crippen LogP) is -0.0502. The van der Waals surface area contributed by atoms with E-state index < -0.39 is 10.0 Å². The monoisotopic (exact) mass is 297 g/mol. The van der Waals surface area contributed by atoms with Gasteiger partial charge in [-0.3, -0.25) is 4.79 Å². The van der Waals surface area contributed by atoms with Gasteiger partial charge in [0, 0.05) is 13.1 Å². The zero-order chi connectivity index (χ0) is 14.6. The van der Waals surface area contributed by atoms with Crippen LogP contribution in [0, 0.1) is 5.92 Å². The second-order valence-electron chi connectivity index (χ2n) is 4.95. The molecule has 1 aliphatic rings. The van der Waals surface area contributed by atoms with Gasteiger partial charge in [0.1, 0.15) is 0 Å². The summed E-state index contributed by atoms with van der Waals surface area (Å²) in [4.78, 5) is 12.0. The molecule has 0 radical (unpaired) electrons. The van der Waals surface area contributed by atoms with Gasteiger partial charge in [0.25, 0.3) is 0 Å². The van der Waals surface area contributed by atoms with Crippen molar-refractivity contribution in [1.29, 1.82) is 0 Å². The molecular formula is C13H19N3O3S.